The first-order valence-corrected chi connectivity index (χ1v) is 5.13. The Kier molecular flexibility index (Phi) is 3.02. The molecule has 1 heterocycles. The minimum Gasteiger partial charge on any atom is -0.461 e. The number of rotatable bonds is 4. The molecule has 3 heteroatoms. The maximum Gasteiger partial charge on any atom is 0.137 e. The number of nitrogens with one attached hydrogen (secondary N) is 1. The number of fused-ring (bicyclic) bond motifs is 1. The second-order valence-electron chi connectivity index (χ2n) is 3.57. The number of benzene rings is 1. The Morgan fingerprint density at radius 3 is 3.00 bits per heavy atom. The average Bonchev–Trinajstić information content (AvgIpc) is 2.63. The summed E-state index contributed by atoms with van der Waals surface area (Å²) in [6.45, 7) is 0.944. The van der Waals surface area contributed by atoms with Crippen LogP contribution < -0.4 is 5.32 Å². The molecule has 0 bridgehead atoms. The molecule has 0 aliphatic rings. The fraction of sp³-hybridized carbons (Fsp3) is 0.333. The van der Waals surface area contributed by atoms with Gasteiger partial charge in [0.1, 0.15) is 17.2 Å². The standard InChI is InChI=1S/C12H14FNO/c1-14-7-3-4-9-8-10-11(13)5-2-6-12(10)15-9/h2,5-6,8,14H,3-4,7H2,1H3. The van der Waals surface area contributed by atoms with Gasteiger partial charge in [0.2, 0.25) is 0 Å². The van der Waals surface area contributed by atoms with Crippen molar-refractivity contribution in [1.29, 1.82) is 0 Å². The Balaban J connectivity index is 2.20. The van der Waals surface area contributed by atoms with Crippen molar-refractivity contribution >= 4 is 11.0 Å². The van der Waals surface area contributed by atoms with Crippen molar-refractivity contribution in [2.75, 3.05) is 13.6 Å². The van der Waals surface area contributed by atoms with Crippen LogP contribution >= 0.6 is 0 Å². The Hall–Kier alpha value is -1.35. The van der Waals surface area contributed by atoms with Crippen LogP contribution in [0.3, 0.4) is 0 Å². The lowest BCUT2D eigenvalue weighted by atomic mass is 10.2. The number of furan rings is 1. The summed E-state index contributed by atoms with van der Waals surface area (Å²) in [5.74, 6) is 0.640. The van der Waals surface area contributed by atoms with Crippen molar-refractivity contribution in [3.63, 3.8) is 0 Å². The molecule has 0 atom stereocenters. The molecule has 1 aromatic carbocycles. The molecule has 0 amide bonds. The highest BCUT2D eigenvalue weighted by atomic mass is 19.1. The van der Waals surface area contributed by atoms with Gasteiger partial charge in [-0.2, -0.15) is 0 Å². The van der Waals surface area contributed by atoms with E-state index in [2.05, 4.69) is 5.32 Å². The summed E-state index contributed by atoms with van der Waals surface area (Å²) in [5, 5.41) is 3.65. The van der Waals surface area contributed by atoms with Crippen LogP contribution in [-0.4, -0.2) is 13.6 Å². The second kappa shape index (κ2) is 4.45. The summed E-state index contributed by atoms with van der Waals surface area (Å²) in [5.41, 5.74) is 0.634. The van der Waals surface area contributed by atoms with Gasteiger partial charge in [0.15, 0.2) is 0 Å². The van der Waals surface area contributed by atoms with Crippen molar-refractivity contribution < 1.29 is 8.81 Å². The lowest BCUT2D eigenvalue weighted by molar-refractivity contribution is 0.534. The molecular weight excluding hydrogens is 193 g/mol. The lowest BCUT2D eigenvalue weighted by Gasteiger charge is -1.95. The Labute approximate surface area is 88.1 Å². The predicted octanol–water partition coefficient (Wildman–Crippen LogP) is 2.72. The molecule has 80 valence electrons. The minimum absolute atomic E-state index is 0.212. The fourth-order valence-corrected chi connectivity index (χ4v) is 1.64. The highest BCUT2D eigenvalue weighted by Gasteiger charge is 2.06. The van der Waals surface area contributed by atoms with Crippen LogP contribution in [0.1, 0.15) is 12.2 Å². The van der Waals surface area contributed by atoms with E-state index in [9.17, 15) is 4.39 Å². The zero-order valence-corrected chi connectivity index (χ0v) is 8.72. The SMILES string of the molecule is CNCCCc1cc2c(F)cccc2o1. The largest absolute Gasteiger partial charge is 0.461 e. The number of hydrogen-bond donors (Lipinski definition) is 1. The third-order valence-electron chi connectivity index (χ3n) is 2.41. The van der Waals surface area contributed by atoms with Gasteiger partial charge in [-0.1, -0.05) is 6.07 Å². The van der Waals surface area contributed by atoms with Gasteiger partial charge in [0, 0.05) is 6.42 Å². The molecule has 0 radical (unpaired) electrons. The van der Waals surface area contributed by atoms with E-state index in [-0.39, 0.29) is 5.82 Å². The predicted molar refractivity (Wildman–Crippen MR) is 58.4 cm³/mol. The molecule has 0 spiro atoms. The normalized spacial score (nSPS) is 11.1. The van der Waals surface area contributed by atoms with Crippen molar-refractivity contribution in [3.8, 4) is 0 Å². The molecule has 15 heavy (non-hydrogen) atoms. The van der Waals surface area contributed by atoms with E-state index in [0.717, 1.165) is 25.1 Å². The highest BCUT2D eigenvalue weighted by molar-refractivity contribution is 5.78. The topological polar surface area (TPSA) is 25.2 Å². The monoisotopic (exact) mass is 207 g/mol. The van der Waals surface area contributed by atoms with Crippen LogP contribution in [0.15, 0.2) is 28.7 Å². The molecule has 0 saturated heterocycles. The molecule has 2 nitrogen and oxygen atoms in total. The van der Waals surface area contributed by atoms with Crippen LogP contribution in [0.4, 0.5) is 4.39 Å². The smallest absolute Gasteiger partial charge is 0.137 e. The van der Waals surface area contributed by atoms with Gasteiger partial charge < -0.3 is 9.73 Å². The van der Waals surface area contributed by atoms with E-state index < -0.39 is 0 Å². The van der Waals surface area contributed by atoms with E-state index in [0.29, 0.717) is 11.0 Å². The molecule has 0 aliphatic heterocycles. The zero-order chi connectivity index (χ0) is 10.7. The minimum atomic E-state index is -0.212. The van der Waals surface area contributed by atoms with Gasteiger partial charge in [0.25, 0.3) is 0 Å². The molecule has 0 unspecified atom stereocenters. The maximum atomic E-state index is 13.3. The molecule has 1 N–H and O–H groups in total. The summed E-state index contributed by atoms with van der Waals surface area (Å²) < 4.78 is 18.8. The van der Waals surface area contributed by atoms with Gasteiger partial charge in [-0.3, -0.25) is 0 Å². The van der Waals surface area contributed by atoms with Crippen molar-refractivity contribution in [2.45, 2.75) is 12.8 Å². The Bertz CT molecular complexity index is 450. The van der Waals surface area contributed by atoms with E-state index in [4.69, 9.17) is 4.42 Å². The first-order valence-electron chi connectivity index (χ1n) is 5.13. The number of hydrogen-bond acceptors (Lipinski definition) is 2. The van der Waals surface area contributed by atoms with Gasteiger partial charge in [-0.25, -0.2) is 4.39 Å². The van der Waals surface area contributed by atoms with Crippen LogP contribution in [0, 0.1) is 5.82 Å². The van der Waals surface area contributed by atoms with Crippen molar-refractivity contribution in [3.05, 3.63) is 35.8 Å². The van der Waals surface area contributed by atoms with E-state index >= 15 is 0 Å². The van der Waals surface area contributed by atoms with Crippen LogP contribution in [-0.2, 0) is 6.42 Å². The van der Waals surface area contributed by atoms with Crippen LogP contribution in [0.25, 0.3) is 11.0 Å². The first kappa shape index (κ1) is 10.2. The van der Waals surface area contributed by atoms with E-state index in [1.807, 2.05) is 7.05 Å². The van der Waals surface area contributed by atoms with Gasteiger partial charge in [0.05, 0.1) is 5.39 Å². The molecule has 0 aliphatic carbocycles. The van der Waals surface area contributed by atoms with Crippen LogP contribution in [0.2, 0.25) is 0 Å². The highest BCUT2D eigenvalue weighted by Crippen LogP contribution is 2.22. The number of aryl methyl sites for hydroxylation is 1. The molecule has 0 saturated carbocycles. The zero-order valence-electron chi connectivity index (χ0n) is 8.72. The quantitative estimate of drug-likeness (QED) is 0.780. The average molecular weight is 207 g/mol. The van der Waals surface area contributed by atoms with Crippen LogP contribution in [0.5, 0.6) is 0 Å². The molecule has 1 aromatic heterocycles. The third kappa shape index (κ3) is 2.18. The third-order valence-corrected chi connectivity index (χ3v) is 2.41. The second-order valence-corrected chi connectivity index (χ2v) is 3.57. The Morgan fingerprint density at radius 2 is 2.27 bits per heavy atom. The van der Waals surface area contributed by atoms with Gasteiger partial charge >= 0.3 is 0 Å². The van der Waals surface area contributed by atoms with Gasteiger partial charge in [-0.15, -0.1) is 0 Å². The summed E-state index contributed by atoms with van der Waals surface area (Å²) >= 11 is 0. The fourth-order valence-electron chi connectivity index (χ4n) is 1.64. The first-order chi connectivity index (χ1) is 7.31. The summed E-state index contributed by atoms with van der Waals surface area (Å²) in [4.78, 5) is 0. The summed E-state index contributed by atoms with van der Waals surface area (Å²) in [7, 11) is 1.91. The number of halogens is 1. The molecule has 0 fully saturated rings. The van der Waals surface area contributed by atoms with E-state index in [1.54, 1.807) is 18.2 Å². The maximum absolute atomic E-state index is 13.3. The summed E-state index contributed by atoms with van der Waals surface area (Å²) in [6.07, 6.45) is 1.84. The van der Waals surface area contributed by atoms with E-state index in [1.165, 1.54) is 6.07 Å². The molecular formula is C12H14FNO. The molecule has 2 aromatic rings. The van der Waals surface area contributed by atoms with Crippen molar-refractivity contribution in [1.82, 2.24) is 5.32 Å². The summed E-state index contributed by atoms with van der Waals surface area (Å²) in [6, 6.07) is 6.70. The Morgan fingerprint density at radius 1 is 1.40 bits per heavy atom. The van der Waals surface area contributed by atoms with Crippen molar-refractivity contribution in [2.24, 2.45) is 0 Å². The molecule has 2 rings (SSSR count). The lowest BCUT2D eigenvalue weighted by Crippen LogP contribution is -2.07. The van der Waals surface area contributed by atoms with Gasteiger partial charge in [-0.05, 0) is 38.2 Å².